The molecule has 174 valence electrons. The Labute approximate surface area is 201 Å². The van der Waals surface area contributed by atoms with Gasteiger partial charge in [0.2, 0.25) is 0 Å². The summed E-state index contributed by atoms with van der Waals surface area (Å²) < 4.78 is 3.50. The molecule has 2 aliphatic carbocycles. The highest BCUT2D eigenvalue weighted by atomic mass is 79.9. The lowest BCUT2D eigenvalue weighted by atomic mass is 9.89. The number of rotatable bonds is 6. The first-order chi connectivity index (χ1) is 15.4. The van der Waals surface area contributed by atoms with Gasteiger partial charge in [0, 0.05) is 42.5 Å². The second-order valence-electron chi connectivity index (χ2n) is 10.0. The molecule has 2 aromatic rings. The Bertz CT molecular complexity index is 937. The number of amides is 1. The van der Waals surface area contributed by atoms with E-state index in [1.54, 1.807) is 0 Å². The van der Waals surface area contributed by atoms with Crippen LogP contribution in [0, 0.1) is 12.8 Å². The summed E-state index contributed by atoms with van der Waals surface area (Å²) in [5.74, 6) is 0.800. The first kappa shape index (κ1) is 23.4. The minimum Gasteiger partial charge on any atom is -0.377 e. The number of nitrogens with zero attached hydrogens (tertiary/aromatic N) is 2. The van der Waals surface area contributed by atoms with Gasteiger partial charge in [-0.15, -0.1) is 0 Å². The van der Waals surface area contributed by atoms with Crippen LogP contribution in [-0.2, 0) is 6.54 Å². The number of nitrogens with one attached hydrogen (secondary N) is 1. The highest BCUT2D eigenvalue weighted by Gasteiger charge is 2.24. The van der Waals surface area contributed by atoms with E-state index in [0.29, 0.717) is 12.0 Å². The topological polar surface area (TPSA) is 37.3 Å². The lowest BCUT2D eigenvalue weighted by Crippen LogP contribution is -2.36. The van der Waals surface area contributed by atoms with Crippen LogP contribution in [0.5, 0.6) is 0 Å². The van der Waals surface area contributed by atoms with Crippen molar-refractivity contribution < 1.29 is 4.79 Å². The summed E-state index contributed by atoms with van der Waals surface area (Å²) >= 11 is 3.76. The highest BCUT2D eigenvalue weighted by Crippen LogP contribution is 2.35. The molecule has 32 heavy (non-hydrogen) atoms. The standard InChI is InChI=1S/C27H38BrN3O/c1-19-23(27(32)29-22-12-8-5-9-13-22)17-26(31(19)18-20-10-6-4-7-11-20)21-14-15-25(30(2)3)24(28)16-21/h14-17,20,22H,4-13,18H2,1-3H3,(H,29,32). The van der Waals surface area contributed by atoms with Crippen molar-refractivity contribution in [3.05, 3.63) is 40.0 Å². The van der Waals surface area contributed by atoms with E-state index in [-0.39, 0.29) is 5.91 Å². The van der Waals surface area contributed by atoms with Crippen molar-refractivity contribution in [2.24, 2.45) is 5.92 Å². The Morgan fingerprint density at radius 3 is 2.31 bits per heavy atom. The van der Waals surface area contributed by atoms with Crippen LogP contribution in [0.4, 0.5) is 5.69 Å². The van der Waals surface area contributed by atoms with Gasteiger partial charge in [-0.25, -0.2) is 0 Å². The van der Waals surface area contributed by atoms with Crippen LogP contribution in [0.25, 0.3) is 11.3 Å². The normalized spacial score (nSPS) is 18.0. The maximum Gasteiger partial charge on any atom is 0.253 e. The van der Waals surface area contributed by atoms with Gasteiger partial charge in [-0.2, -0.15) is 0 Å². The van der Waals surface area contributed by atoms with E-state index in [9.17, 15) is 4.79 Å². The third-order valence-electron chi connectivity index (χ3n) is 7.44. The van der Waals surface area contributed by atoms with Crippen molar-refractivity contribution >= 4 is 27.5 Å². The maximum atomic E-state index is 13.3. The van der Waals surface area contributed by atoms with Crippen LogP contribution in [0.2, 0.25) is 0 Å². The largest absolute Gasteiger partial charge is 0.377 e. The second kappa shape index (κ2) is 10.5. The third-order valence-corrected chi connectivity index (χ3v) is 8.08. The molecule has 1 heterocycles. The van der Waals surface area contributed by atoms with Crippen molar-refractivity contribution in [2.45, 2.75) is 83.7 Å². The molecule has 0 aliphatic heterocycles. The average Bonchev–Trinajstić information content (AvgIpc) is 3.11. The van der Waals surface area contributed by atoms with E-state index in [2.05, 4.69) is 76.0 Å². The molecule has 0 saturated heterocycles. The van der Waals surface area contributed by atoms with E-state index in [0.717, 1.165) is 52.1 Å². The molecular formula is C27H38BrN3O. The van der Waals surface area contributed by atoms with Gasteiger partial charge in [-0.05, 0) is 78.2 Å². The van der Waals surface area contributed by atoms with Crippen molar-refractivity contribution in [1.29, 1.82) is 0 Å². The Kier molecular flexibility index (Phi) is 7.65. The first-order valence-corrected chi connectivity index (χ1v) is 13.2. The van der Waals surface area contributed by atoms with Crippen molar-refractivity contribution in [2.75, 3.05) is 19.0 Å². The minimum atomic E-state index is 0.0991. The maximum absolute atomic E-state index is 13.3. The fourth-order valence-electron chi connectivity index (χ4n) is 5.52. The van der Waals surface area contributed by atoms with Crippen molar-refractivity contribution in [1.82, 2.24) is 9.88 Å². The molecule has 1 aromatic carbocycles. The van der Waals surface area contributed by atoms with Gasteiger partial charge in [-0.3, -0.25) is 4.79 Å². The Morgan fingerprint density at radius 2 is 1.69 bits per heavy atom. The monoisotopic (exact) mass is 499 g/mol. The van der Waals surface area contributed by atoms with E-state index in [4.69, 9.17) is 0 Å². The fourth-order valence-corrected chi connectivity index (χ4v) is 6.25. The predicted octanol–water partition coefficient (Wildman–Crippen LogP) is 6.93. The molecule has 0 radical (unpaired) electrons. The summed E-state index contributed by atoms with van der Waals surface area (Å²) in [5, 5.41) is 3.34. The minimum absolute atomic E-state index is 0.0991. The molecule has 2 aliphatic rings. The fraction of sp³-hybridized carbons (Fsp3) is 0.593. The zero-order valence-electron chi connectivity index (χ0n) is 19.9. The van der Waals surface area contributed by atoms with Crippen LogP contribution >= 0.6 is 15.9 Å². The smallest absolute Gasteiger partial charge is 0.253 e. The molecule has 2 saturated carbocycles. The lowest BCUT2D eigenvalue weighted by molar-refractivity contribution is 0.0927. The van der Waals surface area contributed by atoms with E-state index >= 15 is 0 Å². The molecule has 5 heteroatoms. The SMILES string of the molecule is Cc1c(C(=O)NC2CCCCC2)cc(-c2ccc(N(C)C)c(Br)c2)n1CC1CCCCC1. The third kappa shape index (κ3) is 5.24. The molecule has 0 unspecified atom stereocenters. The molecule has 4 nitrogen and oxygen atoms in total. The van der Waals surface area contributed by atoms with Gasteiger partial charge in [-0.1, -0.05) is 44.6 Å². The van der Waals surface area contributed by atoms with Gasteiger partial charge in [0.25, 0.3) is 5.91 Å². The number of carbonyl (C=O) groups is 1. The average molecular weight is 501 g/mol. The number of benzene rings is 1. The number of halogens is 1. The number of aromatic nitrogens is 1. The molecular weight excluding hydrogens is 462 g/mol. The van der Waals surface area contributed by atoms with Gasteiger partial charge in [0.1, 0.15) is 0 Å². The Balaban J connectivity index is 1.67. The van der Waals surface area contributed by atoms with Gasteiger partial charge in [0.05, 0.1) is 11.3 Å². The highest BCUT2D eigenvalue weighted by molar-refractivity contribution is 9.10. The van der Waals surface area contributed by atoms with Crippen molar-refractivity contribution in [3.8, 4) is 11.3 Å². The Morgan fingerprint density at radius 1 is 1.03 bits per heavy atom. The zero-order chi connectivity index (χ0) is 22.7. The molecule has 1 aromatic heterocycles. The van der Waals surface area contributed by atoms with Gasteiger partial charge >= 0.3 is 0 Å². The van der Waals surface area contributed by atoms with Crippen LogP contribution in [0.1, 0.15) is 80.3 Å². The van der Waals surface area contributed by atoms with E-state index in [1.165, 1.54) is 51.4 Å². The number of hydrogen-bond donors (Lipinski definition) is 1. The summed E-state index contributed by atoms with van der Waals surface area (Å²) in [7, 11) is 4.12. The molecule has 4 rings (SSSR count). The summed E-state index contributed by atoms with van der Waals surface area (Å²) in [6.45, 7) is 3.14. The Hall–Kier alpha value is -1.75. The predicted molar refractivity (Wildman–Crippen MR) is 138 cm³/mol. The summed E-state index contributed by atoms with van der Waals surface area (Å²) in [4.78, 5) is 15.4. The van der Waals surface area contributed by atoms with E-state index < -0.39 is 0 Å². The first-order valence-electron chi connectivity index (χ1n) is 12.4. The van der Waals surface area contributed by atoms with Crippen LogP contribution in [0.3, 0.4) is 0 Å². The summed E-state index contributed by atoms with van der Waals surface area (Å²) in [6.07, 6.45) is 12.6. The number of hydrogen-bond acceptors (Lipinski definition) is 2. The second-order valence-corrected chi connectivity index (χ2v) is 10.9. The molecule has 1 N–H and O–H groups in total. The lowest BCUT2D eigenvalue weighted by Gasteiger charge is -2.25. The van der Waals surface area contributed by atoms with Crippen LogP contribution in [-0.4, -0.2) is 30.6 Å². The number of carbonyl (C=O) groups excluding carboxylic acids is 1. The van der Waals surface area contributed by atoms with Gasteiger partial charge in [0.15, 0.2) is 0 Å². The van der Waals surface area contributed by atoms with Crippen LogP contribution < -0.4 is 10.2 Å². The van der Waals surface area contributed by atoms with Crippen molar-refractivity contribution in [3.63, 3.8) is 0 Å². The summed E-state index contributed by atoms with van der Waals surface area (Å²) in [5.41, 5.74) is 5.43. The summed E-state index contributed by atoms with van der Waals surface area (Å²) in [6, 6.07) is 9.01. The van der Waals surface area contributed by atoms with Gasteiger partial charge < -0.3 is 14.8 Å². The molecule has 0 bridgehead atoms. The number of anilines is 1. The molecule has 2 fully saturated rings. The molecule has 1 amide bonds. The van der Waals surface area contributed by atoms with E-state index in [1.807, 2.05) is 0 Å². The quantitative estimate of drug-likeness (QED) is 0.467. The zero-order valence-corrected chi connectivity index (χ0v) is 21.5. The van der Waals surface area contributed by atoms with Crippen LogP contribution in [0.15, 0.2) is 28.7 Å². The molecule has 0 atom stereocenters. The molecule has 0 spiro atoms.